The van der Waals surface area contributed by atoms with Crippen LogP contribution >= 0.6 is 23.2 Å². The zero-order valence-corrected chi connectivity index (χ0v) is 34.4. The van der Waals surface area contributed by atoms with Gasteiger partial charge in [0.25, 0.3) is 5.91 Å². The van der Waals surface area contributed by atoms with Crippen LogP contribution in [0.2, 0.25) is 10.0 Å². The van der Waals surface area contributed by atoms with Gasteiger partial charge in [0.05, 0.1) is 23.3 Å². The number of benzene rings is 3. The summed E-state index contributed by atoms with van der Waals surface area (Å²) < 4.78 is 36.7. The van der Waals surface area contributed by atoms with E-state index in [1.54, 1.807) is 60.7 Å². The smallest absolute Gasteiger partial charge is 0.543 e. The van der Waals surface area contributed by atoms with Crippen LogP contribution in [0.15, 0.2) is 84.1 Å². The molecule has 2 unspecified atom stereocenters. The Morgan fingerprint density at radius 3 is 2.27 bits per heavy atom. The van der Waals surface area contributed by atoms with Crippen LogP contribution in [0.3, 0.4) is 0 Å². The summed E-state index contributed by atoms with van der Waals surface area (Å²) in [6, 6.07) is 17.6. The van der Waals surface area contributed by atoms with Gasteiger partial charge in [-0.15, -0.1) is 0 Å². The monoisotopic (exact) mass is 837 g/mol. The number of nitrogens with one attached hydrogen (secondary N) is 2. The first-order chi connectivity index (χ1) is 26.1. The Morgan fingerprint density at radius 1 is 0.946 bits per heavy atom. The van der Waals surface area contributed by atoms with Crippen LogP contribution in [0.4, 0.5) is 4.79 Å². The van der Waals surface area contributed by atoms with Crippen molar-refractivity contribution in [2.75, 3.05) is 18.9 Å². The molecule has 0 saturated carbocycles. The molecule has 1 fully saturated rings. The van der Waals surface area contributed by atoms with Crippen LogP contribution in [0.25, 0.3) is 0 Å². The fraction of sp³-hybridized carbons (Fsp3) is 0.297. The molecule has 1 saturated heterocycles. The quantitative estimate of drug-likeness (QED) is 0.0774. The summed E-state index contributed by atoms with van der Waals surface area (Å²) in [4.78, 5) is 76.2. The Balaban J connectivity index is 0.00000696. The molecule has 19 heteroatoms. The minimum atomic E-state index is -4.32. The average molecular weight is 839 g/mol. The molecule has 0 aromatic heterocycles. The van der Waals surface area contributed by atoms with E-state index in [-0.39, 0.29) is 61.1 Å². The number of hydrogen-bond acceptors (Lipinski definition) is 11. The Morgan fingerprint density at radius 2 is 1.62 bits per heavy atom. The van der Waals surface area contributed by atoms with Crippen LogP contribution in [0.1, 0.15) is 53.9 Å². The van der Waals surface area contributed by atoms with E-state index in [4.69, 9.17) is 32.7 Å². The van der Waals surface area contributed by atoms with Crippen LogP contribution in [-0.2, 0) is 49.9 Å². The third kappa shape index (κ3) is 10.3. The topological polar surface area (TPSA) is 226 Å². The standard InChI is InChI=1S/C37H35Cl2N3O12S.Na/c1-20(43)53-18-25-19-55(51,52)34-30(33(45)42(34)31(25)36(48)49)41-32(44)27(11-6-14-40-37(50)54-17-24-12-13-26(38)16-28(24)39)22-9-5-10-23(15-22)29(35(46)47)21-7-3-2-4-8-21;/h2-5,7-10,12-13,15-16,27,29-30,34H,6,11,14,17-19H2,1H3,(H,40,50)(H,41,44)(H,46,47)(H,48,49);/q;+1/p-1/t27?,29?,30-,34-;/m0./s1. The second kappa shape index (κ2) is 19.1. The number of aliphatic carboxylic acids is 2. The van der Waals surface area contributed by atoms with Crippen molar-refractivity contribution in [2.24, 2.45) is 0 Å². The van der Waals surface area contributed by atoms with Gasteiger partial charge in [0.2, 0.25) is 5.91 Å². The molecule has 2 aliphatic heterocycles. The number of nitrogens with zero attached hydrogens (tertiary/aromatic N) is 1. The van der Waals surface area contributed by atoms with Gasteiger partial charge >= 0.3 is 47.6 Å². The van der Waals surface area contributed by atoms with Crippen molar-refractivity contribution in [3.05, 3.63) is 116 Å². The Kier molecular flexibility index (Phi) is 15.1. The first-order valence-corrected chi connectivity index (χ1v) is 19.2. The molecule has 56 heavy (non-hydrogen) atoms. The van der Waals surface area contributed by atoms with Crippen molar-refractivity contribution in [1.29, 1.82) is 0 Å². The number of β-lactam (4-membered cyclic amide) rings is 1. The van der Waals surface area contributed by atoms with Crippen LogP contribution in [-0.4, -0.2) is 84.6 Å². The number of esters is 1. The zero-order chi connectivity index (χ0) is 40.0. The number of ether oxygens (including phenoxy) is 2. The van der Waals surface area contributed by atoms with Crippen molar-refractivity contribution in [3.63, 3.8) is 0 Å². The van der Waals surface area contributed by atoms with Crippen molar-refractivity contribution in [2.45, 2.75) is 49.6 Å². The van der Waals surface area contributed by atoms with Crippen molar-refractivity contribution >= 4 is 68.9 Å². The Bertz CT molecular complexity index is 2170. The molecule has 4 atom stereocenters. The molecule has 0 bridgehead atoms. The predicted molar refractivity (Wildman–Crippen MR) is 194 cm³/mol. The van der Waals surface area contributed by atoms with Gasteiger partial charge in [-0.1, -0.05) is 83.9 Å². The number of carbonyl (C=O) groups excluding carboxylic acids is 5. The molecule has 0 spiro atoms. The van der Waals surface area contributed by atoms with Crippen molar-refractivity contribution in [3.8, 4) is 0 Å². The van der Waals surface area contributed by atoms with E-state index in [1.165, 1.54) is 12.1 Å². The summed E-state index contributed by atoms with van der Waals surface area (Å²) in [5, 5.41) is 26.2. The molecule has 2 aliphatic rings. The second-order valence-corrected chi connectivity index (χ2v) is 15.6. The first kappa shape index (κ1) is 44.3. The van der Waals surface area contributed by atoms with Crippen LogP contribution in [0, 0.1) is 0 Å². The van der Waals surface area contributed by atoms with Gasteiger partial charge < -0.3 is 35.1 Å². The third-order valence-electron chi connectivity index (χ3n) is 8.96. The van der Waals surface area contributed by atoms with E-state index in [9.17, 15) is 47.4 Å². The first-order valence-electron chi connectivity index (χ1n) is 16.7. The normalized spacial score (nSPS) is 17.9. The Labute approximate surface area is 353 Å². The largest absolute Gasteiger partial charge is 1.00 e. The zero-order valence-electron chi connectivity index (χ0n) is 30.0. The van der Waals surface area contributed by atoms with E-state index < -0.39 is 87.0 Å². The minimum absolute atomic E-state index is 0. The SMILES string of the molecule is CC(=O)OCC1=C(C(=O)[O-])N2C(=O)[C@H](NC(=O)C(CCCNC(=O)OCc3ccc(Cl)cc3Cl)c3cccc(C(C(=O)O)c4ccccc4)c3)[C@@H]2S(=O)(=O)C1.[Na+]. The number of amides is 3. The molecule has 15 nitrogen and oxygen atoms in total. The maximum atomic E-state index is 14.0. The van der Waals surface area contributed by atoms with Gasteiger partial charge in [-0.3, -0.25) is 24.1 Å². The summed E-state index contributed by atoms with van der Waals surface area (Å²) in [7, 11) is -4.32. The predicted octanol–water partition coefficient (Wildman–Crippen LogP) is -0.347. The molecular weight excluding hydrogens is 804 g/mol. The molecule has 3 N–H and O–H groups in total. The number of fused-ring (bicyclic) bond motifs is 1. The van der Waals surface area contributed by atoms with E-state index in [0.717, 1.165) is 6.92 Å². The van der Waals surface area contributed by atoms with Gasteiger partial charge in [0.1, 0.15) is 25.2 Å². The summed E-state index contributed by atoms with van der Waals surface area (Å²) in [6.07, 6.45) is -0.613. The van der Waals surface area contributed by atoms with Crippen LogP contribution < -0.4 is 45.3 Å². The molecule has 3 aromatic rings. The molecular formula is C37H34Cl2N3NaO12S. The van der Waals surface area contributed by atoms with E-state index in [2.05, 4.69) is 10.6 Å². The number of carboxylic acid groups (broad SMARTS) is 2. The summed E-state index contributed by atoms with van der Waals surface area (Å²) in [5.74, 6) is -8.80. The molecule has 3 aromatic carbocycles. The van der Waals surface area contributed by atoms with Gasteiger partial charge in [-0.25, -0.2) is 13.2 Å². The molecule has 5 rings (SSSR count). The van der Waals surface area contributed by atoms with Gasteiger partial charge in [-0.2, -0.15) is 0 Å². The summed E-state index contributed by atoms with van der Waals surface area (Å²) in [6.45, 7) is 0.190. The van der Waals surface area contributed by atoms with Gasteiger partial charge in [0.15, 0.2) is 15.2 Å². The number of alkyl carbamates (subject to hydrolysis) is 1. The van der Waals surface area contributed by atoms with E-state index in [0.29, 0.717) is 37.2 Å². The van der Waals surface area contributed by atoms with E-state index in [1.807, 2.05) is 0 Å². The fourth-order valence-corrected chi connectivity index (χ4v) is 8.89. The number of carbonyl (C=O) groups is 6. The molecule has 0 aliphatic carbocycles. The number of hydrogen-bond donors (Lipinski definition) is 3. The number of sulfone groups is 1. The second-order valence-electron chi connectivity index (χ2n) is 12.7. The van der Waals surface area contributed by atoms with Crippen molar-refractivity contribution < 1.29 is 86.4 Å². The van der Waals surface area contributed by atoms with E-state index >= 15 is 0 Å². The number of halogens is 2. The Hall–Kier alpha value is -4.45. The van der Waals surface area contributed by atoms with Gasteiger partial charge in [0, 0.05) is 34.7 Å². The van der Waals surface area contributed by atoms with Crippen LogP contribution in [0.5, 0.6) is 0 Å². The fourth-order valence-electron chi connectivity index (χ4n) is 6.42. The minimum Gasteiger partial charge on any atom is -0.543 e. The molecule has 2 heterocycles. The van der Waals surface area contributed by atoms with Crippen molar-refractivity contribution in [1.82, 2.24) is 15.5 Å². The maximum Gasteiger partial charge on any atom is 1.00 e. The maximum absolute atomic E-state index is 14.0. The van der Waals surface area contributed by atoms with Gasteiger partial charge in [-0.05, 0) is 41.7 Å². The number of carboxylic acids is 2. The third-order valence-corrected chi connectivity index (χ3v) is 11.5. The average Bonchev–Trinajstić information content (AvgIpc) is 3.12. The molecule has 3 amide bonds. The summed E-state index contributed by atoms with van der Waals surface area (Å²) >= 11 is 12.0. The summed E-state index contributed by atoms with van der Waals surface area (Å²) in [5.41, 5.74) is 0.515. The number of rotatable bonds is 15. The molecule has 0 radical (unpaired) electrons. The molecule has 290 valence electrons.